The Morgan fingerprint density at radius 1 is 1.35 bits per heavy atom. The Kier molecular flexibility index (Phi) is 2.58. The van der Waals surface area contributed by atoms with Crippen LogP contribution in [-0.4, -0.2) is 31.2 Å². The lowest BCUT2D eigenvalue weighted by Gasteiger charge is -2.25. The number of nitrogens with one attached hydrogen (secondary N) is 1. The van der Waals surface area contributed by atoms with Crippen LogP contribution in [0.25, 0.3) is 0 Å². The van der Waals surface area contributed by atoms with Gasteiger partial charge in [0.15, 0.2) is 0 Å². The number of aryl methyl sites for hydroxylation is 2. The summed E-state index contributed by atoms with van der Waals surface area (Å²) >= 11 is 0. The van der Waals surface area contributed by atoms with Crippen LogP contribution in [0, 0.1) is 19.3 Å². The molecular weight excluding hydrogens is 210 g/mol. The first kappa shape index (κ1) is 11.0. The Morgan fingerprint density at radius 2 is 2.24 bits per heavy atom. The summed E-state index contributed by atoms with van der Waals surface area (Å²) < 4.78 is 0. The van der Waals surface area contributed by atoms with Gasteiger partial charge in [-0.2, -0.15) is 0 Å². The number of nitrogens with zero attached hydrogens (tertiary/aromatic N) is 2. The highest BCUT2D eigenvalue weighted by Crippen LogP contribution is 2.38. The monoisotopic (exact) mass is 231 g/mol. The average molecular weight is 231 g/mol. The van der Waals surface area contributed by atoms with Gasteiger partial charge < -0.3 is 10.2 Å². The van der Waals surface area contributed by atoms with Crippen LogP contribution in [0.5, 0.6) is 0 Å². The molecule has 1 atom stereocenters. The van der Waals surface area contributed by atoms with Crippen LogP contribution in [0.2, 0.25) is 0 Å². The summed E-state index contributed by atoms with van der Waals surface area (Å²) in [6.45, 7) is 9.05. The maximum atomic E-state index is 4.36. The Hall–Kier alpha value is -1.09. The maximum absolute atomic E-state index is 4.36. The molecule has 0 aliphatic carbocycles. The molecule has 0 radical (unpaired) electrons. The predicted octanol–water partition coefficient (Wildman–Crippen LogP) is 1.89. The highest BCUT2D eigenvalue weighted by Gasteiger charge is 2.40. The minimum atomic E-state index is 0.545. The number of hydrogen-bond acceptors (Lipinski definition) is 3. The lowest BCUT2D eigenvalue weighted by molar-refractivity contribution is 0.369. The Balaban J connectivity index is 1.84. The van der Waals surface area contributed by atoms with E-state index in [1.165, 1.54) is 50.3 Å². The van der Waals surface area contributed by atoms with Crippen molar-refractivity contribution in [2.45, 2.75) is 26.7 Å². The normalized spacial score (nSPS) is 28.2. The van der Waals surface area contributed by atoms with Crippen molar-refractivity contribution >= 4 is 5.69 Å². The van der Waals surface area contributed by atoms with Gasteiger partial charge in [0.05, 0.1) is 0 Å². The number of pyridine rings is 1. The summed E-state index contributed by atoms with van der Waals surface area (Å²) in [4.78, 5) is 6.91. The average Bonchev–Trinajstić information content (AvgIpc) is 2.94. The third kappa shape index (κ3) is 1.93. The Bertz CT molecular complexity index is 421. The van der Waals surface area contributed by atoms with Gasteiger partial charge in [0, 0.05) is 42.6 Å². The number of aromatic nitrogens is 1. The number of rotatable bonds is 1. The second-order valence-electron chi connectivity index (χ2n) is 5.71. The van der Waals surface area contributed by atoms with Crippen LogP contribution in [-0.2, 0) is 0 Å². The van der Waals surface area contributed by atoms with Gasteiger partial charge in [-0.25, -0.2) is 0 Å². The van der Waals surface area contributed by atoms with Gasteiger partial charge in [-0.15, -0.1) is 0 Å². The van der Waals surface area contributed by atoms with Crippen molar-refractivity contribution in [1.82, 2.24) is 10.3 Å². The molecule has 3 rings (SSSR count). The zero-order chi connectivity index (χ0) is 11.9. The van der Waals surface area contributed by atoms with E-state index in [2.05, 4.69) is 35.1 Å². The molecule has 1 aromatic heterocycles. The predicted molar refractivity (Wildman–Crippen MR) is 70.5 cm³/mol. The van der Waals surface area contributed by atoms with Crippen LogP contribution in [0.1, 0.15) is 24.1 Å². The molecule has 1 spiro atoms. The van der Waals surface area contributed by atoms with Gasteiger partial charge in [0.25, 0.3) is 0 Å². The molecule has 3 heteroatoms. The molecule has 1 aromatic rings. The van der Waals surface area contributed by atoms with Crippen molar-refractivity contribution < 1.29 is 0 Å². The fraction of sp³-hybridized carbons (Fsp3) is 0.643. The molecule has 17 heavy (non-hydrogen) atoms. The zero-order valence-electron chi connectivity index (χ0n) is 10.8. The summed E-state index contributed by atoms with van der Waals surface area (Å²) in [6.07, 6.45) is 4.68. The van der Waals surface area contributed by atoms with Gasteiger partial charge in [-0.1, -0.05) is 0 Å². The van der Waals surface area contributed by atoms with Gasteiger partial charge in [0.2, 0.25) is 0 Å². The van der Waals surface area contributed by atoms with Crippen LogP contribution in [0.15, 0.2) is 12.3 Å². The second kappa shape index (κ2) is 3.98. The first-order valence-corrected chi connectivity index (χ1v) is 6.58. The molecule has 0 bridgehead atoms. The molecule has 92 valence electrons. The van der Waals surface area contributed by atoms with E-state index in [-0.39, 0.29) is 0 Å². The van der Waals surface area contributed by atoms with E-state index in [0.29, 0.717) is 5.41 Å². The molecule has 2 saturated heterocycles. The Labute approximate surface area is 103 Å². The zero-order valence-corrected chi connectivity index (χ0v) is 10.8. The highest BCUT2D eigenvalue weighted by atomic mass is 15.2. The van der Waals surface area contributed by atoms with E-state index in [1.807, 2.05) is 6.20 Å². The van der Waals surface area contributed by atoms with Crippen LogP contribution in [0.3, 0.4) is 0 Å². The third-order valence-corrected chi connectivity index (χ3v) is 4.32. The smallest absolute Gasteiger partial charge is 0.0429 e. The fourth-order valence-electron chi connectivity index (χ4n) is 3.24. The van der Waals surface area contributed by atoms with Crippen molar-refractivity contribution in [2.24, 2.45) is 5.41 Å². The SMILES string of the molecule is Cc1cc(N2CCC3(CCNC3)C2)c(C)cn1. The van der Waals surface area contributed by atoms with Crippen molar-refractivity contribution in [1.29, 1.82) is 0 Å². The quantitative estimate of drug-likeness (QED) is 0.800. The molecule has 0 aromatic carbocycles. The molecule has 2 aliphatic heterocycles. The van der Waals surface area contributed by atoms with Gasteiger partial charge in [0.1, 0.15) is 0 Å². The second-order valence-corrected chi connectivity index (χ2v) is 5.71. The first-order valence-electron chi connectivity index (χ1n) is 6.58. The molecule has 0 amide bonds. The molecule has 1 N–H and O–H groups in total. The summed E-state index contributed by atoms with van der Waals surface area (Å²) in [7, 11) is 0. The highest BCUT2D eigenvalue weighted by molar-refractivity contribution is 5.54. The summed E-state index contributed by atoms with van der Waals surface area (Å²) in [5.41, 5.74) is 4.36. The molecule has 2 aliphatic rings. The first-order chi connectivity index (χ1) is 8.19. The maximum Gasteiger partial charge on any atom is 0.0429 e. The lowest BCUT2D eigenvalue weighted by Crippen LogP contribution is -2.29. The molecule has 3 nitrogen and oxygen atoms in total. The summed E-state index contributed by atoms with van der Waals surface area (Å²) in [5, 5.41) is 3.51. The van der Waals surface area contributed by atoms with Crippen LogP contribution in [0.4, 0.5) is 5.69 Å². The van der Waals surface area contributed by atoms with Gasteiger partial charge >= 0.3 is 0 Å². The molecule has 2 fully saturated rings. The van der Waals surface area contributed by atoms with E-state index >= 15 is 0 Å². The van der Waals surface area contributed by atoms with Crippen molar-refractivity contribution in [3.63, 3.8) is 0 Å². The summed E-state index contributed by atoms with van der Waals surface area (Å²) in [5.74, 6) is 0. The fourth-order valence-corrected chi connectivity index (χ4v) is 3.24. The van der Waals surface area contributed by atoms with Gasteiger partial charge in [-0.3, -0.25) is 4.98 Å². The largest absolute Gasteiger partial charge is 0.371 e. The van der Waals surface area contributed by atoms with Crippen molar-refractivity contribution in [3.05, 3.63) is 23.5 Å². The Morgan fingerprint density at radius 3 is 3.00 bits per heavy atom. The minimum absolute atomic E-state index is 0.545. The summed E-state index contributed by atoms with van der Waals surface area (Å²) in [6, 6.07) is 2.23. The van der Waals surface area contributed by atoms with E-state index < -0.39 is 0 Å². The third-order valence-electron chi connectivity index (χ3n) is 4.32. The molecule has 3 heterocycles. The van der Waals surface area contributed by atoms with Gasteiger partial charge in [-0.05, 0) is 44.9 Å². The number of hydrogen-bond donors (Lipinski definition) is 1. The van der Waals surface area contributed by atoms with Crippen molar-refractivity contribution in [3.8, 4) is 0 Å². The molecular formula is C14H21N3. The molecule has 1 unspecified atom stereocenters. The van der Waals surface area contributed by atoms with E-state index in [1.54, 1.807) is 0 Å². The molecule has 0 saturated carbocycles. The van der Waals surface area contributed by atoms with E-state index in [9.17, 15) is 0 Å². The standard InChI is InChI=1S/C14H21N3/c1-11-8-16-12(2)7-13(11)17-6-4-14(10-17)3-5-15-9-14/h7-8,15H,3-6,9-10H2,1-2H3. The van der Waals surface area contributed by atoms with Crippen LogP contribution < -0.4 is 10.2 Å². The lowest BCUT2D eigenvalue weighted by atomic mass is 9.86. The van der Waals surface area contributed by atoms with E-state index in [4.69, 9.17) is 0 Å². The van der Waals surface area contributed by atoms with Crippen LogP contribution >= 0.6 is 0 Å². The minimum Gasteiger partial charge on any atom is -0.371 e. The van der Waals surface area contributed by atoms with Crippen molar-refractivity contribution in [2.75, 3.05) is 31.1 Å². The number of anilines is 1. The van der Waals surface area contributed by atoms with E-state index in [0.717, 1.165) is 5.69 Å². The topological polar surface area (TPSA) is 28.2 Å².